The van der Waals surface area contributed by atoms with Gasteiger partial charge in [0.2, 0.25) is 5.91 Å². The van der Waals surface area contributed by atoms with Crippen molar-refractivity contribution >= 4 is 28.7 Å². The summed E-state index contributed by atoms with van der Waals surface area (Å²) in [5, 5.41) is 3.21. The van der Waals surface area contributed by atoms with Crippen LogP contribution >= 0.6 is 0 Å². The van der Waals surface area contributed by atoms with E-state index < -0.39 is 0 Å². The average Bonchev–Trinajstić information content (AvgIpc) is 3.22. The number of fused-ring (bicyclic) bond motifs is 3. The summed E-state index contributed by atoms with van der Waals surface area (Å²) >= 11 is 0. The molecule has 3 aromatic rings. The average molecular weight is 495 g/mol. The molecule has 10 nitrogen and oxygen atoms in total. The normalized spacial score (nSPS) is 15.1. The van der Waals surface area contributed by atoms with Gasteiger partial charge in [-0.2, -0.15) is 0 Å². The number of hydrogen-bond donors (Lipinski definition) is 1. The van der Waals surface area contributed by atoms with Crippen LogP contribution in [0, 0.1) is 0 Å². The molecular formula is C26H34N6O4. The van der Waals surface area contributed by atoms with E-state index in [0.717, 1.165) is 41.0 Å². The molecule has 0 saturated heterocycles. The number of likely N-dealkylation sites (N-methyl/N-ethyl adjacent to an activating group) is 1. The summed E-state index contributed by atoms with van der Waals surface area (Å²) in [6.07, 6.45) is 3.60. The van der Waals surface area contributed by atoms with Crippen LogP contribution in [0.25, 0.3) is 11.0 Å². The van der Waals surface area contributed by atoms with Crippen LogP contribution < -0.4 is 15.8 Å². The van der Waals surface area contributed by atoms with Crippen molar-refractivity contribution in [2.45, 2.75) is 45.3 Å². The first-order valence-corrected chi connectivity index (χ1v) is 12.3. The molecular weight excluding hydrogens is 460 g/mol. The van der Waals surface area contributed by atoms with Gasteiger partial charge in [0.1, 0.15) is 5.82 Å². The third-order valence-electron chi connectivity index (χ3n) is 6.73. The number of carbonyl (C=O) groups is 2. The fraction of sp³-hybridized carbons (Fsp3) is 0.462. The minimum Gasteiger partial charge on any atom is -0.452 e. The highest BCUT2D eigenvalue weighted by atomic mass is 16.5. The number of pyridine rings is 1. The lowest BCUT2D eigenvalue weighted by Crippen LogP contribution is -2.42. The van der Waals surface area contributed by atoms with Gasteiger partial charge in [0.15, 0.2) is 0 Å². The lowest BCUT2D eigenvalue weighted by Gasteiger charge is -2.34. The Hall–Kier alpha value is -3.66. The SMILES string of the molecule is COC(=O)N1c2ccc3c(nc(CCn4ccccc4=O)n3CCNCC(=O)N(C)C)c2CC[C@@H]1C. The van der Waals surface area contributed by atoms with Gasteiger partial charge in [0.25, 0.3) is 5.56 Å². The van der Waals surface area contributed by atoms with Gasteiger partial charge in [-0.1, -0.05) is 6.07 Å². The largest absolute Gasteiger partial charge is 0.452 e. The summed E-state index contributed by atoms with van der Waals surface area (Å²) in [5.74, 6) is 0.874. The number of amides is 2. The monoisotopic (exact) mass is 494 g/mol. The van der Waals surface area contributed by atoms with E-state index in [4.69, 9.17) is 9.72 Å². The van der Waals surface area contributed by atoms with Crippen molar-refractivity contribution in [1.82, 2.24) is 24.3 Å². The molecule has 0 radical (unpaired) electrons. The number of imidazole rings is 1. The third-order valence-corrected chi connectivity index (χ3v) is 6.73. The Labute approximate surface area is 210 Å². The van der Waals surface area contributed by atoms with Crippen molar-refractivity contribution in [1.29, 1.82) is 0 Å². The van der Waals surface area contributed by atoms with Crippen LogP contribution in [0.2, 0.25) is 0 Å². The van der Waals surface area contributed by atoms with Gasteiger partial charge in [-0.25, -0.2) is 9.78 Å². The Morgan fingerprint density at radius 1 is 1.19 bits per heavy atom. The van der Waals surface area contributed by atoms with E-state index in [2.05, 4.69) is 9.88 Å². The van der Waals surface area contributed by atoms with Crippen molar-refractivity contribution in [2.75, 3.05) is 39.2 Å². The summed E-state index contributed by atoms with van der Waals surface area (Å²) < 4.78 is 8.87. The highest BCUT2D eigenvalue weighted by Gasteiger charge is 2.31. The Kier molecular flexibility index (Phi) is 7.73. The molecule has 0 bridgehead atoms. The molecule has 2 amide bonds. The van der Waals surface area contributed by atoms with Gasteiger partial charge in [-0.05, 0) is 38.0 Å². The molecule has 1 aliphatic rings. The Bertz CT molecular complexity index is 1310. The molecule has 10 heteroatoms. The second-order valence-electron chi connectivity index (χ2n) is 9.29. The van der Waals surface area contributed by atoms with Crippen LogP contribution in [0.1, 0.15) is 24.7 Å². The van der Waals surface area contributed by atoms with Gasteiger partial charge in [0, 0.05) is 64.0 Å². The molecule has 0 fully saturated rings. The number of carbonyl (C=O) groups excluding carboxylic acids is 2. The van der Waals surface area contributed by atoms with Gasteiger partial charge in [-0.3, -0.25) is 14.5 Å². The first-order chi connectivity index (χ1) is 17.3. The van der Waals surface area contributed by atoms with E-state index in [1.165, 1.54) is 7.11 Å². The molecule has 4 rings (SSSR count). The number of hydrogen-bond acceptors (Lipinski definition) is 6. The van der Waals surface area contributed by atoms with Crippen molar-refractivity contribution in [3.63, 3.8) is 0 Å². The number of benzene rings is 1. The van der Waals surface area contributed by atoms with Crippen molar-refractivity contribution in [2.24, 2.45) is 0 Å². The molecule has 0 unspecified atom stereocenters. The minimum atomic E-state index is -0.374. The topological polar surface area (TPSA) is 102 Å². The fourth-order valence-electron chi connectivity index (χ4n) is 4.70. The van der Waals surface area contributed by atoms with Crippen LogP contribution in [0.3, 0.4) is 0 Å². The molecule has 3 heterocycles. The number of aryl methyl sites for hydroxylation is 3. The van der Waals surface area contributed by atoms with Crippen LogP contribution in [-0.4, -0.2) is 71.4 Å². The Balaban J connectivity index is 1.68. The quantitative estimate of drug-likeness (QED) is 0.481. The van der Waals surface area contributed by atoms with Crippen molar-refractivity contribution in [3.05, 3.63) is 58.3 Å². The van der Waals surface area contributed by atoms with Gasteiger partial charge in [-0.15, -0.1) is 0 Å². The maximum absolute atomic E-state index is 12.5. The van der Waals surface area contributed by atoms with Crippen molar-refractivity contribution in [3.8, 4) is 0 Å². The molecule has 192 valence electrons. The highest BCUT2D eigenvalue weighted by molar-refractivity contribution is 5.95. The van der Waals surface area contributed by atoms with E-state index >= 15 is 0 Å². The number of ether oxygens (including phenoxy) is 1. The molecule has 1 aliphatic heterocycles. The van der Waals surface area contributed by atoms with Gasteiger partial charge < -0.3 is 24.1 Å². The standard InChI is InChI=1S/C26H34N6O4/c1-18-8-9-19-20(32(18)26(35)36-4)10-11-21-25(19)28-22(12-15-30-14-6-5-7-23(30)33)31(21)16-13-27-17-24(34)29(2)3/h5-7,10-11,14,18,27H,8-9,12-13,15-17H2,1-4H3/t18-/m0/s1. The van der Waals surface area contributed by atoms with E-state index in [9.17, 15) is 14.4 Å². The lowest BCUT2D eigenvalue weighted by atomic mass is 9.96. The molecule has 0 aliphatic carbocycles. The predicted octanol–water partition coefficient (Wildman–Crippen LogP) is 2.03. The number of anilines is 1. The number of nitrogens with one attached hydrogen (secondary N) is 1. The third kappa shape index (κ3) is 5.13. The number of aromatic nitrogens is 3. The van der Waals surface area contributed by atoms with Crippen LogP contribution in [0.15, 0.2) is 41.3 Å². The Morgan fingerprint density at radius 2 is 2.00 bits per heavy atom. The predicted molar refractivity (Wildman–Crippen MR) is 138 cm³/mol. The van der Waals surface area contributed by atoms with Crippen LogP contribution in [0.4, 0.5) is 10.5 Å². The molecule has 1 atom stereocenters. The first kappa shape index (κ1) is 25.4. The summed E-state index contributed by atoms with van der Waals surface area (Å²) in [6, 6.07) is 9.12. The van der Waals surface area contributed by atoms with Gasteiger partial charge in [0.05, 0.1) is 30.4 Å². The summed E-state index contributed by atoms with van der Waals surface area (Å²) in [7, 11) is 4.87. The number of nitrogens with zero attached hydrogens (tertiary/aromatic N) is 5. The zero-order chi connectivity index (χ0) is 25.8. The minimum absolute atomic E-state index is 0.0141. The zero-order valence-corrected chi connectivity index (χ0v) is 21.4. The maximum atomic E-state index is 12.5. The van der Waals surface area contributed by atoms with Gasteiger partial charge >= 0.3 is 6.09 Å². The second-order valence-corrected chi connectivity index (χ2v) is 9.29. The van der Waals surface area contributed by atoms with E-state index in [0.29, 0.717) is 26.1 Å². The summed E-state index contributed by atoms with van der Waals surface area (Å²) in [6.45, 7) is 3.99. The summed E-state index contributed by atoms with van der Waals surface area (Å²) in [4.78, 5) is 45.0. The summed E-state index contributed by atoms with van der Waals surface area (Å²) in [5.41, 5.74) is 3.66. The number of rotatable bonds is 8. The molecule has 36 heavy (non-hydrogen) atoms. The first-order valence-electron chi connectivity index (χ1n) is 12.3. The van der Waals surface area contributed by atoms with Crippen LogP contribution in [-0.2, 0) is 35.5 Å². The zero-order valence-electron chi connectivity index (χ0n) is 21.4. The molecule has 1 aromatic carbocycles. The fourth-order valence-corrected chi connectivity index (χ4v) is 4.70. The molecule has 0 saturated carbocycles. The van der Waals surface area contributed by atoms with E-state index in [1.54, 1.807) is 46.8 Å². The maximum Gasteiger partial charge on any atom is 0.414 e. The number of methoxy groups -OCH3 is 1. The smallest absolute Gasteiger partial charge is 0.414 e. The van der Waals surface area contributed by atoms with Crippen LogP contribution in [0.5, 0.6) is 0 Å². The lowest BCUT2D eigenvalue weighted by molar-refractivity contribution is -0.127. The van der Waals surface area contributed by atoms with E-state index in [1.807, 2.05) is 25.1 Å². The highest BCUT2D eigenvalue weighted by Crippen LogP contribution is 2.36. The molecule has 1 N–H and O–H groups in total. The Morgan fingerprint density at radius 3 is 2.72 bits per heavy atom. The second kappa shape index (κ2) is 10.9. The van der Waals surface area contributed by atoms with E-state index in [-0.39, 0.29) is 30.1 Å². The molecule has 2 aromatic heterocycles. The molecule has 0 spiro atoms. The van der Waals surface area contributed by atoms with Crippen molar-refractivity contribution < 1.29 is 14.3 Å².